The van der Waals surface area contributed by atoms with Crippen molar-refractivity contribution >= 4 is 11.8 Å². The van der Waals surface area contributed by atoms with E-state index in [4.69, 9.17) is 5.11 Å². The van der Waals surface area contributed by atoms with Crippen molar-refractivity contribution in [1.29, 1.82) is 0 Å². The molecule has 0 fully saturated rings. The SMILES string of the molecule is O=C(O)C(=O)c1cccc(OC(F)(F)C(F)F)c1. The fourth-order valence-corrected chi connectivity index (χ4v) is 1.03. The third-order valence-electron chi connectivity index (χ3n) is 1.80. The molecule has 1 aromatic rings. The van der Waals surface area contributed by atoms with Gasteiger partial charge in [-0.25, -0.2) is 4.79 Å². The highest BCUT2D eigenvalue weighted by Crippen LogP contribution is 2.27. The van der Waals surface area contributed by atoms with E-state index in [9.17, 15) is 27.2 Å². The van der Waals surface area contributed by atoms with Crippen molar-refractivity contribution in [1.82, 2.24) is 0 Å². The van der Waals surface area contributed by atoms with E-state index in [0.29, 0.717) is 6.07 Å². The van der Waals surface area contributed by atoms with Crippen molar-refractivity contribution < 1.29 is 37.0 Å². The van der Waals surface area contributed by atoms with E-state index < -0.39 is 35.6 Å². The lowest BCUT2D eigenvalue weighted by Gasteiger charge is -2.16. The molecular weight excluding hydrogens is 260 g/mol. The van der Waals surface area contributed by atoms with Gasteiger partial charge >= 0.3 is 18.5 Å². The summed E-state index contributed by atoms with van der Waals surface area (Å²) in [6.45, 7) is 0. The third-order valence-corrected chi connectivity index (χ3v) is 1.80. The van der Waals surface area contributed by atoms with Crippen LogP contribution in [0.25, 0.3) is 0 Å². The van der Waals surface area contributed by atoms with Crippen molar-refractivity contribution in [3.8, 4) is 5.75 Å². The van der Waals surface area contributed by atoms with Crippen LogP contribution in [0.4, 0.5) is 17.6 Å². The number of rotatable bonds is 5. The number of carboxylic acids is 1. The Balaban J connectivity index is 2.96. The molecule has 1 aromatic carbocycles. The predicted molar refractivity (Wildman–Crippen MR) is 50.0 cm³/mol. The molecule has 1 rings (SSSR count). The minimum atomic E-state index is -4.72. The zero-order valence-electron chi connectivity index (χ0n) is 8.57. The Morgan fingerprint density at radius 1 is 1.28 bits per heavy atom. The zero-order valence-corrected chi connectivity index (χ0v) is 8.57. The third kappa shape index (κ3) is 3.19. The Bertz CT molecular complexity index is 473. The molecule has 0 heterocycles. The van der Waals surface area contributed by atoms with Crippen LogP contribution in [0.3, 0.4) is 0 Å². The summed E-state index contributed by atoms with van der Waals surface area (Å²) in [5.74, 6) is -3.89. The number of ketones is 1. The van der Waals surface area contributed by atoms with Gasteiger partial charge in [0, 0.05) is 5.56 Å². The number of carbonyl (C=O) groups is 2. The lowest BCUT2D eigenvalue weighted by atomic mass is 10.1. The second kappa shape index (κ2) is 5.03. The molecule has 0 radical (unpaired) electrons. The monoisotopic (exact) mass is 266 g/mol. The molecule has 8 heteroatoms. The Hall–Kier alpha value is -2.12. The number of aliphatic carboxylic acids is 1. The Morgan fingerprint density at radius 2 is 1.89 bits per heavy atom. The first-order chi connectivity index (χ1) is 8.24. The number of Topliss-reactive ketones (excluding diaryl/α,β-unsaturated/α-hetero) is 1. The molecule has 0 amide bonds. The van der Waals surface area contributed by atoms with E-state index >= 15 is 0 Å². The van der Waals surface area contributed by atoms with Crippen LogP contribution in [-0.2, 0) is 4.79 Å². The molecule has 0 aromatic heterocycles. The highest BCUT2D eigenvalue weighted by atomic mass is 19.3. The molecule has 0 aliphatic rings. The first-order valence-electron chi connectivity index (χ1n) is 4.46. The van der Waals surface area contributed by atoms with Crippen LogP contribution in [0.5, 0.6) is 5.75 Å². The molecule has 18 heavy (non-hydrogen) atoms. The van der Waals surface area contributed by atoms with E-state index in [0.717, 1.165) is 18.2 Å². The second-order valence-corrected chi connectivity index (χ2v) is 3.13. The first kappa shape index (κ1) is 13.9. The minimum absolute atomic E-state index is 0.454. The Kier molecular flexibility index (Phi) is 3.89. The summed E-state index contributed by atoms with van der Waals surface area (Å²) in [5.41, 5.74) is -0.454. The summed E-state index contributed by atoms with van der Waals surface area (Å²) in [6.07, 6.45) is -8.76. The molecule has 0 saturated carbocycles. The van der Waals surface area contributed by atoms with Crippen LogP contribution >= 0.6 is 0 Å². The highest BCUT2D eigenvalue weighted by molar-refractivity contribution is 6.39. The fraction of sp³-hybridized carbons (Fsp3) is 0.200. The van der Waals surface area contributed by atoms with Crippen molar-refractivity contribution in [2.24, 2.45) is 0 Å². The van der Waals surface area contributed by atoms with Crippen molar-refractivity contribution in [3.05, 3.63) is 29.8 Å². The van der Waals surface area contributed by atoms with Crippen molar-refractivity contribution in [2.45, 2.75) is 12.5 Å². The number of carboxylic acid groups (broad SMARTS) is 1. The van der Waals surface area contributed by atoms with Gasteiger partial charge in [-0.15, -0.1) is 0 Å². The molecule has 0 aliphatic heterocycles. The number of ether oxygens (including phenoxy) is 1. The maximum atomic E-state index is 12.5. The lowest BCUT2D eigenvalue weighted by molar-refractivity contribution is -0.253. The smallest absolute Gasteiger partial charge is 0.461 e. The first-order valence-corrected chi connectivity index (χ1v) is 4.46. The van der Waals surface area contributed by atoms with Gasteiger partial charge in [-0.3, -0.25) is 4.79 Å². The number of carbonyl (C=O) groups excluding carboxylic acids is 1. The van der Waals surface area contributed by atoms with Gasteiger partial charge in [0.1, 0.15) is 5.75 Å². The summed E-state index contributed by atoms with van der Waals surface area (Å²) in [7, 11) is 0. The molecule has 0 saturated heterocycles. The van der Waals surface area contributed by atoms with Gasteiger partial charge in [0.2, 0.25) is 0 Å². The number of halogens is 4. The van der Waals surface area contributed by atoms with Gasteiger partial charge in [0.15, 0.2) is 0 Å². The molecule has 98 valence electrons. The molecule has 0 atom stereocenters. The molecule has 1 N–H and O–H groups in total. The maximum absolute atomic E-state index is 12.5. The van der Waals surface area contributed by atoms with Crippen LogP contribution in [-0.4, -0.2) is 29.4 Å². The maximum Gasteiger partial charge on any atom is 0.461 e. The molecule has 0 unspecified atom stereocenters. The lowest BCUT2D eigenvalue weighted by Crippen LogP contribution is -2.33. The van der Waals surface area contributed by atoms with E-state index in [1.54, 1.807) is 0 Å². The van der Waals surface area contributed by atoms with Gasteiger partial charge < -0.3 is 9.84 Å². The van der Waals surface area contributed by atoms with Gasteiger partial charge in [-0.1, -0.05) is 12.1 Å². The Morgan fingerprint density at radius 3 is 2.39 bits per heavy atom. The van der Waals surface area contributed by atoms with Crippen LogP contribution in [0, 0.1) is 0 Å². The summed E-state index contributed by atoms with van der Waals surface area (Å²) in [5, 5.41) is 8.39. The average molecular weight is 266 g/mol. The van der Waals surface area contributed by atoms with Gasteiger partial charge in [0.25, 0.3) is 5.78 Å². The summed E-state index contributed by atoms with van der Waals surface area (Å²) < 4.78 is 52.5. The summed E-state index contributed by atoms with van der Waals surface area (Å²) >= 11 is 0. The average Bonchev–Trinajstić information content (AvgIpc) is 2.27. The van der Waals surface area contributed by atoms with Crippen molar-refractivity contribution in [2.75, 3.05) is 0 Å². The van der Waals surface area contributed by atoms with Crippen molar-refractivity contribution in [3.63, 3.8) is 0 Å². The van der Waals surface area contributed by atoms with E-state index in [-0.39, 0.29) is 0 Å². The summed E-state index contributed by atoms with van der Waals surface area (Å²) in [4.78, 5) is 21.4. The fourth-order valence-electron chi connectivity index (χ4n) is 1.03. The molecular formula is C10H6F4O4. The van der Waals surface area contributed by atoms with Gasteiger partial charge in [0.05, 0.1) is 0 Å². The minimum Gasteiger partial charge on any atom is -0.475 e. The highest BCUT2D eigenvalue weighted by Gasteiger charge is 2.44. The normalized spacial score (nSPS) is 11.4. The zero-order chi connectivity index (χ0) is 13.9. The van der Waals surface area contributed by atoms with Crippen LogP contribution in [0.1, 0.15) is 10.4 Å². The number of hydrogen-bond acceptors (Lipinski definition) is 3. The molecule has 0 bridgehead atoms. The standard InChI is InChI=1S/C10H6F4O4/c11-9(12)10(13,14)18-6-3-1-2-5(4-6)7(15)8(16)17/h1-4,9H,(H,16,17). The largest absolute Gasteiger partial charge is 0.475 e. The topological polar surface area (TPSA) is 63.6 Å². The second-order valence-electron chi connectivity index (χ2n) is 3.13. The van der Waals surface area contributed by atoms with Gasteiger partial charge in [-0.05, 0) is 12.1 Å². The molecule has 0 spiro atoms. The van der Waals surface area contributed by atoms with E-state index in [1.165, 1.54) is 0 Å². The predicted octanol–water partition coefficient (Wildman–Crippen LogP) is 2.19. The Labute approximate surface area is 97.8 Å². The molecule has 0 aliphatic carbocycles. The summed E-state index contributed by atoms with van der Waals surface area (Å²) in [6, 6.07) is 3.61. The molecule has 4 nitrogen and oxygen atoms in total. The number of hydrogen-bond donors (Lipinski definition) is 1. The quantitative estimate of drug-likeness (QED) is 0.504. The number of alkyl halides is 4. The van der Waals surface area contributed by atoms with Crippen LogP contribution in [0.2, 0.25) is 0 Å². The van der Waals surface area contributed by atoms with Gasteiger partial charge in [-0.2, -0.15) is 17.6 Å². The van der Waals surface area contributed by atoms with E-state index in [1.807, 2.05) is 0 Å². The van der Waals surface area contributed by atoms with E-state index in [2.05, 4.69) is 4.74 Å². The van der Waals surface area contributed by atoms with Crippen LogP contribution in [0.15, 0.2) is 24.3 Å². The van der Waals surface area contributed by atoms with Crippen LogP contribution < -0.4 is 4.74 Å². The number of benzene rings is 1.